The highest BCUT2D eigenvalue weighted by atomic mass is 35.5. The molecule has 2 aliphatic rings. The highest BCUT2D eigenvalue weighted by Gasteiger charge is 2.39. The van der Waals surface area contributed by atoms with Crippen LogP contribution in [0, 0.1) is 5.41 Å². The summed E-state index contributed by atoms with van der Waals surface area (Å²) >= 11 is 7.19. The minimum absolute atomic E-state index is 0.0273. The van der Waals surface area contributed by atoms with Crippen LogP contribution in [0.1, 0.15) is 18.1 Å². The molecule has 1 amide bonds. The minimum atomic E-state index is -3.60. The Morgan fingerprint density at radius 3 is 2.65 bits per heavy atom. The third-order valence-electron chi connectivity index (χ3n) is 4.87. The van der Waals surface area contributed by atoms with Crippen LogP contribution in [-0.4, -0.2) is 47.6 Å². The number of hydrogen-bond donors (Lipinski definition) is 1. The second-order valence-electron chi connectivity index (χ2n) is 7.10. The molecule has 0 atom stereocenters. The van der Waals surface area contributed by atoms with Crippen molar-refractivity contribution in [1.82, 2.24) is 5.01 Å². The first kappa shape index (κ1) is 24.0. The topological polar surface area (TPSA) is 121 Å². The molecule has 9 nitrogen and oxygen atoms in total. The maximum atomic E-state index is 12.6. The number of thioether (sulfide) groups is 1. The van der Waals surface area contributed by atoms with Gasteiger partial charge < -0.3 is 9.47 Å². The summed E-state index contributed by atoms with van der Waals surface area (Å²) in [6.07, 6.45) is 1.42. The molecule has 4 rings (SSSR count). The highest BCUT2D eigenvalue weighted by Crippen LogP contribution is 2.38. The Labute approximate surface area is 205 Å². The molecular formula is C22H19ClN4O5S2. The number of hydrogen-bond acceptors (Lipinski definition) is 8. The fraction of sp³-hybridized carbons (Fsp3) is 0.182. The molecule has 0 saturated heterocycles. The van der Waals surface area contributed by atoms with E-state index in [0.29, 0.717) is 17.1 Å². The SMILES string of the molecule is CCS(=O)(=O)C1=NN2C(=N)/C(=C\c3cc(Cl)c(OCc4ccccc4)c(OC)c3)C(=O)N=C2S1. The average Bonchev–Trinajstić information content (AvgIpc) is 3.26. The molecular weight excluding hydrogens is 500 g/mol. The van der Waals surface area contributed by atoms with Crippen molar-refractivity contribution in [1.29, 1.82) is 5.41 Å². The Kier molecular flexibility index (Phi) is 6.78. The van der Waals surface area contributed by atoms with Crippen molar-refractivity contribution in [3.8, 4) is 11.5 Å². The number of carbonyl (C=O) groups is 1. The fourth-order valence-corrected chi connectivity index (χ4v) is 5.52. The number of nitrogens with zero attached hydrogens (tertiary/aromatic N) is 3. The number of ether oxygens (including phenoxy) is 2. The van der Waals surface area contributed by atoms with Gasteiger partial charge in [-0.25, -0.2) is 8.42 Å². The van der Waals surface area contributed by atoms with Crippen LogP contribution in [-0.2, 0) is 21.2 Å². The standard InChI is InChI=1S/C22H19ClN4O5S2/c1-3-34(29,30)22-26-27-19(24)15(20(28)25-21(27)33-22)9-14-10-16(23)18(17(11-14)31-2)32-12-13-7-5-4-6-8-13/h4-11,24H,3,12H2,1-2H3/b15-9+,24-19?. The number of hydrazone groups is 1. The van der Waals surface area contributed by atoms with Crippen LogP contribution in [0.2, 0.25) is 5.02 Å². The number of amidine groups is 2. The van der Waals surface area contributed by atoms with E-state index in [1.165, 1.54) is 20.1 Å². The van der Waals surface area contributed by atoms with E-state index < -0.39 is 15.7 Å². The molecule has 176 valence electrons. The normalized spacial score (nSPS) is 16.9. The number of sulfone groups is 1. The van der Waals surface area contributed by atoms with Crippen LogP contribution in [0.5, 0.6) is 11.5 Å². The number of amides is 1. The van der Waals surface area contributed by atoms with Gasteiger partial charge in [0, 0.05) is 0 Å². The molecule has 34 heavy (non-hydrogen) atoms. The predicted octanol–water partition coefficient (Wildman–Crippen LogP) is 3.94. The monoisotopic (exact) mass is 518 g/mol. The minimum Gasteiger partial charge on any atom is -0.493 e. The van der Waals surface area contributed by atoms with Crippen molar-refractivity contribution in [3.63, 3.8) is 0 Å². The van der Waals surface area contributed by atoms with Crippen LogP contribution in [0.4, 0.5) is 0 Å². The quantitative estimate of drug-likeness (QED) is 0.575. The van der Waals surface area contributed by atoms with Crippen LogP contribution in [0.15, 0.2) is 58.1 Å². The first-order chi connectivity index (χ1) is 16.2. The highest BCUT2D eigenvalue weighted by molar-refractivity contribution is 8.42. The zero-order valence-corrected chi connectivity index (χ0v) is 20.5. The molecule has 2 aliphatic heterocycles. The van der Waals surface area contributed by atoms with Crippen molar-refractivity contribution in [2.45, 2.75) is 13.5 Å². The molecule has 0 spiro atoms. The first-order valence-electron chi connectivity index (χ1n) is 10.0. The summed E-state index contributed by atoms with van der Waals surface area (Å²) in [7, 11) is -2.14. The van der Waals surface area contributed by atoms with E-state index in [1.54, 1.807) is 12.1 Å². The summed E-state index contributed by atoms with van der Waals surface area (Å²) in [5.41, 5.74) is 1.35. The summed E-state index contributed by atoms with van der Waals surface area (Å²) in [5.74, 6) is -0.436. The first-order valence-corrected chi connectivity index (χ1v) is 12.9. The van der Waals surface area contributed by atoms with Gasteiger partial charge in [0.25, 0.3) is 5.91 Å². The molecule has 12 heteroatoms. The number of rotatable bonds is 6. The largest absolute Gasteiger partial charge is 0.493 e. The summed E-state index contributed by atoms with van der Waals surface area (Å²) in [6.45, 7) is 1.77. The van der Waals surface area contributed by atoms with Crippen LogP contribution < -0.4 is 9.47 Å². The lowest BCUT2D eigenvalue weighted by molar-refractivity contribution is -0.114. The third kappa shape index (κ3) is 4.72. The summed E-state index contributed by atoms with van der Waals surface area (Å²) < 4.78 is 35.4. The van der Waals surface area contributed by atoms with Crippen LogP contribution in [0.25, 0.3) is 6.08 Å². The zero-order valence-electron chi connectivity index (χ0n) is 18.1. The maximum absolute atomic E-state index is 12.6. The Bertz CT molecular complexity index is 1370. The Morgan fingerprint density at radius 1 is 1.24 bits per heavy atom. The van der Waals surface area contributed by atoms with Crippen LogP contribution >= 0.6 is 23.4 Å². The van der Waals surface area contributed by atoms with Crippen molar-refractivity contribution < 1.29 is 22.7 Å². The molecule has 0 aromatic heterocycles. The molecule has 1 N–H and O–H groups in total. The van der Waals surface area contributed by atoms with Crippen LogP contribution in [0.3, 0.4) is 0 Å². The Morgan fingerprint density at radius 2 is 1.97 bits per heavy atom. The molecule has 0 saturated carbocycles. The van der Waals surface area contributed by atoms with Crippen molar-refractivity contribution in [2.75, 3.05) is 12.9 Å². The van der Waals surface area contributed by atoms with Gasteiger partial charge in [-0.05, 0) is 41.1 Å². The van der Waals surface area contributed by atoms with E-state index in [4.69, 9.17) is 26.5 Å². The van der Waals surface area contributed by atoms with Gasteiger partial charge in [-0.2, -0.15) is 10.0 Å². The van der Waals surface area contributed by atoms with E-state index in [2.05, 4.69) is 10.1 Å². The van der Waals surface area contributed by atoms with E-state index in [9.17, 15) is 13.2 Å². The molecule has 2 aromatic rings. The van der Waals surface area contributed by atoms with Gasteiger partial charge in [0.1, 0.15) is 6.61 Å². The molecule has 2 aromatic carbocycles. The summed E-state index contributed by atoms with van der Waals surface area (Å²) in [6, 6.07) is 12.8. The summed E-state index contributed by atoms with van der Waals surface area (Å²) in [5, 5.41) is 13.7. The molecule has 0 bridgehead atoms. The number of benzene rings is 2. The average molecular weight is 519 g/mol. The number of fused-ring (bicyclic) bond motifs is 1. The van der Waals surface area contributed by atoms with Gasteiger partial charge in [-0.3, -0.25) is 10.2 Å². The lowest BCUT2D eigenvalue weighted by Gasteiger charge is -2.20. The van der Waals surface area contributed by atoms with E-state index in [-0.39, 0.29) is 38.3 Å². The summed E-state index contributed by atoms with van der Waals surface area (Å²) in [4.78, 5) is 16.5. The molecule has 0 aliphatic carbocycles. The second-order valence-corrected chi connectivity index (χ2v) is 10.9. The Balaban J connectivity index is 1.63. The van der Waals surface area contributed by atoms with Crippen molar-refractivity contribution >= 4 is 60.6 Å². The van der Waals surface area contributed by atoms with Crippen molar-refractivity contribution in [2.24, 2.45) is 10.1 Å². The van der Waals surface area contributed by atoms with Gasteiger partial charge in [0.05, 0.1) is 23.5 Å². The van der Waals surface area contributed by atoms with E-state index >= 15 is 0 Å². The number of carbonyl (C=O) groups excluding carboxylic acids is 1. The Hall–Kier alpha value is -3.15. The second kappa shape index (κ2) is 9.61. The zero-order chi connectivity index (χ0) is 24.5. The number of nitrogens with one attached hydrogen (secondary N) is 1. The lowest BCUT2D eigenvalue weighted by atomic mass is 10.1. The molecule has 0 radical (unpaired) electrons. The predicted molar refractivity (Wildman–Crippen MR) is 133 cm³/mol. The van der Waals surface area contributed by atoms with Gasteiger partial charge >= 0.3 is 0 Å². The molecule has 0 unspecified atom stereocenters. The lowest BCUT2D eigenvalue weighted by Crippen LogP contribution is -2.35. The third-order valence-corrected chi connectivity index (χ3v) is 8.24. The van der Waals surface area contributed by atoms with Gasteiger partial charge in [0.2, 0.25) is 19.4 Å². The van der Waals surface area contributed by atoms with Gasteiger partial charge in [-0.15, -0.1) is 5.10 Å². The number of halogens is 1. The van der Waals surface area contributed by atoms with E-state index in [0.717, 1.165) is 22.3 Å². The molecule has 0 fully saturated rings. The molecule has 2 heterocycles. The smallest absolute Gasteiger partial charge is 0.283 e. The fourth-order valence-electron chi connectivity index (χ4n) is 3.08. The van der Waals surface area contributed by atoms with Crippen molar-refractivity contribution in [3.05, 3.63) is 64.2 Å². The maximum Gasteiger partial charge on any atom is 0.283 e. The van der Waals surface area contributed by atoms with Gasteiger partial charge in [-0.1, -0.05) is 48.9 Å². The van der Waals surface area contributed by atoms with E-state index in [1.807, 2.05) is 30.3 Å². The number of aliphatic imine (C=N–C) groups is 1. The number of methoxy groups -OCH3 is 1. The van der Waals surface area contributed by atoms with Gasteiger partial charge in [0.15, 0.2) is 17.3 Å².